The number of β-amino-alcohol motifs (C(OH)–C–C–N with tert-alkyl or cyclic N) is 1. The van der Waals surface area contributed by atoms with Crippen molar-refractivity contribution in [2.75, 3.05) is 39.5 Å². The van der Waals surface area contributed by atoms with E-state index in [0.717, 1.165) is 30.6 Å². The predicted molar refractivity (Wildman–Crippen MR) is 103 cm³/mol. The van der Waals surface area contributed by atoms with Crippen LogP contribution < -0.4 is 5.56 Å². The summed E-state index contributed by atoms with van der Waals surface area (Å²) < 4.78 is 12.5. The molecule has 4 heterocycles. The number of hydrogen-bond donors (Lipinski definition) is 1. The maximum atomic E-state index is 12.4. The van der Waals surface area contributed by atoms with Gasteiger partial charge >= 0.3 is 0 Å². The second-order valence-corrected chi connectivity index (χ2v) is 7.58. The van der Waals surface area contributed by atoms with E-state index in [1.165, 1.54) is 4.68 Å². The van der Waals surface area contributed by atoms with Crippen molar-refractivity contribution >= 4 is 0 Å². The van der Waals surface area contributed by atoms with Crippen LogP contribution >= 0.6 is 0 Å². The summed E-state index contributed by atoms with van der Waals surface area (Å²) in [6, 6.07) is 7.19. The number of aliphatic hydroxyl groups is 1. The minimum Gasteiger partial charge on any atom is -0.384 e. The molecule has 2 fully saturated rings. The molecule has 2 aliphatic heterocycles. The largest absolute Gasteiger partial charge is 0.384 e. The van der Waals surface area contributed by atoms with E-state index >= 15 is 0 Å². The summed E-state index contributed by atoms with van der Waals surface area (Å²) in [5.74, 6) is 0. The number of rotatable bonds is 5. The summed E-state index contributed by atoms with van der Waals surface area (Å²) in [6.45, 7) is 3.39. The molecule has 1 unspecified atom stereocenters. The van der Waals surface area contributed by atoms with E-state index in [4.69, 9.17) is 9.47 Å². The van der Waals surface area contributed by atoms with Crippen molar-refractivity contribution in [2.24, 2.45) is 0 Å². The number of pyridine rings is 1. The molecule has 2 saturated heterocycles. The van der Waals surface area contributed by atoms with Gasteiger partial charge in [0.15, 0.2) is 0 Å². The number of ether oxygens (including phenoxy) is 2. The SMILES string of the molecule is O=c1ccc(-c2cccnc2)nn1CC1CCCN1CC1(O)COCCOC1. The molecule has 0 radical (unpaired) electrons. The zero-order valence-electron chi connectivity index (χ0n) is 15.9. The lowest BCUT2D eigenvalue weighted by Gasteiger charge is -2.33. The molecule has 8 heteroatoms. The molecule has 0 aliphatic carbocycles. The zero-order chi connectivity index (χ0) is 19.4. The Bertz CT molecular complexity index is 834. The second-order valence-electron chi connectivity index (χ2n) is 7.58. The molecule has 0 spiro atoms. The molecule has 150 valence electrons. The van der Waals surface area contributed by atoms with Crippen molar-refractivity contribution in [3.8, 4) is 11.3 Å². The minimum atomic E-state index is -1.02. The average molecular weight is 386 g/mol. The third kappa shape index (κ3) is 4.47. The van der Waals surface area contributed by atoms with Gasteiger partial charge in [0.25, 0.3) is 5.56 Å². The summed E-state index contributed by atoms with van der Waals surface area (Å²) >= 11 is 0. The van der Waals surface area contributed by atoms with E-state index in [1.807, 2.05) is 12.1 Å². The van der Waals surface area contributed by atoms with E-state index in [9.17, 15) is 9.90 Å². The van der Waals surface area contributed by atoms with Crippen LogP contribution in [0.3, 0.4) is 0 Å². The van der Waals surface area contributed by atoms with Gasteiger partial charge in [-0.1, -0.05) is 0 Å². The standard InChI is InChI=1S/C20H26N4O4/c25-19-6-5-18(16-3-1-7-21-11-16)22-24(19)12-17-4-2-8-23(17)13-20(26)14-27-9-10-28-15-20/h1,3,5-7,11,17,26H,2,4,8-10,12-15H2. The van der Waals surface area contributed by atoms with Crippen LogP contribution in [0, 0.1) is 0 Å². The van der Waals surface area contributed by atoms with Gasteiger partial charge in [0.1, 0.15) is 5.60 Å². The van der Waals surface area contributed by atoms with E-state index < -0.39 is 5.60 Å². The first-order valence-electron chi connectivity index (χ1n) is 9.73. The number of hydrogen-bond acceptors (Lipinski definition) is 7. The maximum absolute atomic E-state index is 12.4. The third-order valence-corrected chi connectivity index (χ3v) is 5.32. The normalized spacial score (nSPS) is 22.8. The van der Waals surface area contributed by atoms with Crippen LogP contribution in [0.25, 0.3) is 11.3 Å². The first kappa shape index (κ1) is 19.2. The number of likely N-dealkylation sites (tertiary alicyclic amines) is 1. The van der Waals surface area contributed by atoms with Gasteiger partial charge in [-0.25, -0.2) is 4.68 Å². The van der Waals surface area contributed by atoms with Crippen LogP contribution in [0.15, 0.2) is 41.5 Å². The smallest absolute Gasteiger partial charge is 0.266 e. The lowest BCUT2D eigenvalue weighted by Crippen LogP contribution is -2.51. The van der Waals surface area contributed by atoms with Gasteiger partial charge in [0, 0.05) is 36.6 Å². The van der Waals surface area contributed by atoms with Crippen molar-refractivity contribution in [3.05, 3.63) is 47.0 Å². The van der Waals surface area contributed by atoms with E-state index in [2.05, 4.69) is 15.0 Å². The molecule has 28 heavy (non-hydrogen) atoms. The van der Waals surface area contributed by atoms with Gasteiger partial charge in [-0.3, -0.25) is 14.7 Å². The highest BCUT2D eigenvalue weighted by Crippen LogP contribution is 2.23. The Kier molecular flexibility index (Phi) is 5.82. The molecular weight excluding hydrogens is 360 g/mol. The lowest BCUT2D eigenvalue weighted by atomic mass is 10.1. The molecule has 8 nitrogen and oxygen atoms in total. The lowest BCUT2D eigenvalue weighted by molar-refractivity contribution is -0.0767. The first-order chi connectivity index (χ1) is 13.6. The van der Waals surface area contributed by atoms with Crippen LogP contribution in [0.5, 0.6) is 0 Å². The van der Waals surface area contributed by atoms with Gasteiger partial charge in [-0.05, 0) is 37.6 Å². The summed E-state index contributed by atoms with van der Waals surface area (Å²) in [5, 5.41) is 15.4. The van der Waals surface area contributed by atoms with Crippen molar-refractivity contribution in [3.63, 3.8) is 0 Å². The van der Waals surface area contributed by atoms with Crippen LogP contribution in [-0.2, 0) is 16.0 Å². The zero-order valence-corrected chi connectivity index (χ0v) is 15.9. The van der Waals surface area contributed by atoms with E-state index in [0.29, 0.717) is 26.3 Å². The molecule has 4 rings (SSSR count). The topological polar surface area (TPSA) is 89.7 Å². The molecule has 0 amide bonds. The Morgan fingerprint density at radius 2 is 2.04 bits per heavy atom. The Morgan fingerprint density at radius 3 is 2.79 bits per heavy atom. The van der Waals surface area contributed by atoms with Crippen LogP contribution in [0.1, 0.15) is 12.8 Å². The van der Waals surface area contributed by atoms with Crippen molar-refractivity contribution < 1.29 is 14.6 Å². The molecule has 2 aromatic rings. The van der Waals surface area contributed by atoms with Crippen LogP contribution in [0.2, 0.25) is 0 Å². The Hall–Kier alpha value is -2.13. The minimum absolute atomic E-state index is 0.126. The number of aromatic nitrogens is 3. The highest BCUT2D eigenvalue weighted by molar-refractivity contribution is 5.56. The molecule has 0 aromatic carbocycles. The van der Waals surface area contributed by atoms with Crippen molar-refractivity contribution in [1.82, 2.24) is 19.7 Å². The fourth-order valence-electron chi connectivity index (χ4n) is 3.91. The Labute approximate surface area is 163 Å². The summed E-state index contributed by atoms with van der Waals surface area (Å²) in [6.07, 6.45) is 5.44. The molecule has 1 N–H and O–H groups in total. The molecule has 0 saturated carbocycles. The Morgan fingerprint density at radius 1 is 1.21 bits per heavy atom. The highest BCUT2D eigenvalue weighted by atomic mass is 16.6. The fourth-order valence-corrected chi connectivity index (χ4v) is 3.91. The molecular formula is C20H26N4O4. The van der Waals surface area contributed by atoms with E-state index in [-0.39, 0.29) is 24.8 Å². The predicted octanol–water partition coefficient (Wildman–Crippen LogP) is 0.548. The first-order valence-corrected chi connectivity index (χ1v) is 9.73. The average Bonchev–Trinajstić information content (AvgIpc) is 3.01. The Balaban J connectivity index is 1.49. The highest BCUT2D eigenvalue weighted by Gasteiger charge is 2.36. The number of nitrogens with zero attached hydrogens (tertiary/aromatic N) is 4. The molecule has 0 bridgehead atoms. The van der Waals surface area contributed by atoms with Crippen LogP contribution in [-0.4, -0.2) is 75.9 Å². The summed E-state index contributed by atoms with van der Waals surface area (Å²) in [7, 11) is 0. The van der Waals surface area contributed by atoms with Gasteiger partial charge in [0.2, 0.25) is 0 Å². The van der Waals surface area contributed by atoms with Gasteiger partial charge < -0.3 is 14.6 Å². The van der Waals surface area contributed by atoms with Gasteiger partial charge in [-0.2, -0.15) is 5.10 Å². The van der Waals surface area contributed by atoms with Crippen molar-refractivity contribution in [2.45, 2.75) is 31.0 Å². The van der Waals surface area contributed by atoms with Crippen LogP contribution in [0.4, 0.5) is 0 Å². The molecule has 1 atom stereocenters. The van der Waals surface area contributed by atoms with Crippen molar-refractivity contribution in [1.29, 1.82) is 0 Å². The molecule has 2 aliphatic rings. The summed E-state index contributed by atoms with van der Waals surface area (Å²) in [4.78, 5) is 18.7. The van der Waals surface area contributed by atoms with Gasteiger partial charge in [0.05, 0.1) is 38.7 Å². The third-order valence-electron chi connectivity index (χ3n) is 5.32. The van der Waals surface area contributed by atoms with Gasteiger partial charge in [-0.15, -0.1) is 0 Å². The maximum Gasteiger partial charge on any atom is 0.266 e. The van der Waals surface area contributed by atoms with E-state index in [1.54, 1.807) is 24.5 Å². The second kappa shape index (κ2) is 8.48. The fraction of sp³-hybridized carbons (Fsp3) is 0.550. The summed E-state index contributed by atoms with van der Waals surface area (Å²) in [5.41, 5.74) is 0.456. The quantitative estimate of drug-likeness (QED) is 0.802. The monoisotopic (exact) mass is 386 g/mol. The molecule has 2 aromatic heterocycles.